The number of carboxylic acids is 1. The smallest absolute Gasteiger partial charge is 0.317 e. The largest absolute Gasteiger partial charge is 0.480 e. The highest BCUT2D eigenvalue weighted by molar-refractivity contribution is 5.69. The van der Waals surface area contributed by atoms with Crippen LogP contribution in [0.5, 0.6) is 0 Å². The van der Waals surface area contributed by atoms with Crippen molar-refractivity contribution in [1.29, 1.82) is 0 Å². The number of likely N-dealkylation sites (tertiary alicyclic amines) is 1. The Balaban J connectivity index is 2.63. The van der Waals surface area contributed by atoms with Gasteiger partial charge in [-0.15, -0.1) is 0 Å². The van der Waals surface area contributed by atoms with Gasteiger partial charge in [-0.05, 0) is 29.6 Å². The van der Waals surface area contributed by atoms with Crippen LogP contribution in [0.4, 0.5) is 0 Å². The summed E-state index contributed by atoms with van der Waals surface area (Å²) in [7, 11) is 0. The summed E-state index contributed by atoms with van der Waals surface area (Å²) in [6.45, 7) is 16.4. The molecule has 1 aliphatic heterocycles. The van der Waals surface area contributed by atoms with Crippen LogP contribution in [0.25, 0.3) is 0 Å². The summed E-state index contributed by atoms with van der Waals surface area (Å²) in [5.41, 5.74) is 0.556. The van der Waals surface area contributed by atoms with Crippen LogP contribution in [-0.4, -0.2) is 48.2 Å². The van der Waals surface area contributed by atoms with E-state index < -0.39 is 5.97 Å². The lowest BCUT2D eigenvalue weighted by Crippen LogP contribution is -2.52. The predicted molar refractivity (Wildman–Crippen MR) is 87.5 cm³/mol. The minimum Gasteiger partial charge on any atom is -0.480 e. The van der Waals surface area contributed by atoms with Crippen LogP contribution >= 0.6 is 0 Å². The van der Waals surface area contributed by atoms with Gasteiger partial charge < -0.3 is 10.4 Å². The van der Waals surface area contributed by atoms with Gasteiger partial charge in [0.25, 0.3) is 0 Å². The Morgan fingerprint density at radius 3 is 2.24 bits per heavy atom. The SMILES string of the molecule is CC(C)(C)CNC1CC(CC(C)(C)C)CN(CC(=O)O)C1. The third-order valence-corrected chi connectivity index (χ3v) is 3.79. The molecule has 2 N–H and O–H groups in total. The quantitative estimate of drug-likeness (QED) is 0.819. The number of piperidine rings is 1. The van der Waals surface area contributed by atoms with Crippen LogP contribution < -0.4 is 5.32 Å². The van der Waals surface area contributed by atoms with Crippen molar-refractivity contribution in [3.05, 3.63) is 0 Å². The van der Waals surface area contributed by atoms with Gasteiger partial charge in [0, 0.05) is 25.7 Å². The summed E-state index contributed by atoms with van der Waals surface area (Å²) in [6, 6.07) is 0.407. The van der Waals surface area contributed by atoms with Crippen molar-refractivity contribution in [2.75, 3.05) is 26.2 Å². The molecule has 124 valence electrons. The highest BCUT2D eigenvalue weighted by Crippen LogP contribution is 2.30. The highest BCUT2D eigenvalue weighted by atomic mass is 16.4. The zero-order valence-corrected chi connectivity index (χ0v) is 14.7. The van der Waals surface area contributed by atoms with Gasteiger partial charge in [-0.3, -0.25) is 9.69 Å². The number of carboxylic acid groups (broad SMARTS) is 1. The molecule has 4 nitrogen and oxygen atoms in total. The first-order chi connectivity index (χ1) is 9.44. The molecule has 1 rings (SSSR count). The molecule has 4 heteroatoms. The van der Waals surface area contributed by atoms with Gasteiger partial charge in [-0.2, -0.15) is 0 Å². The normalized spacial score (nSPS) is 25.0. The predicted octanol–water partition coefficient (Wildman–Crippen LogP) is 2.83. The first-order valence-corrected chi connectivity index (χ1v) is 8.12. The van der Waals surface area contributed by atoms with Crippen LogP contribution in [0.2, 0.25) is 0 Å². The molecule has 1 saturated heterocycles. The molecule has 0 aromatic heterocycles. The zero-order chi connectivity index (χ0) is 16.3. The summed E-state index contributed by atoms with van der Waals surface area (Å²) in [6.07, 6.45) is 2.31. The lowest BCUT2D eigenvalue weighted by molar-refractivity contribution is -0.138. The number of hydrogen-bond donors (Lipinski definition) is 2. The number of hydrogen-bond acceptors (Lipinski definition) is 3. The molecule has 21 heavy (non-hydrogen) atoms. The first kappa shape index (κ1) is 18.4. The molecule has 1 heterocycles. The molecule has 0 bridgehead atoms. The van der Waals surface area contributed by atoms with E-state index in [4.69, 9.17) is 5.11 Å². The molecule has 0 spiro atoms. The molecule has 0 aromatic carbocycles. The molecule has 0 amide bonds. The van der Waals surface area contributed by atoms with E-state index in [2.05, 4.69) is 51.8 Å². The summed E-state index contributed by atoms with van der Waals surface area (Å²) in [5, 5.41) is 12.7. The Hall–Kier alpha value is -0.610. The van der Waals surface area contributed by atoms with E-state index in [9.17, 15) is 4.79 Å². The number of aliphatic carboxylic acids is 1. The zero-order valence-electron chi connectivity index (χ0n) is 14.7. The fraction of sp³-hybridized carbons (Fsp3) is 0.941. The third-order valence-electron chi connectivity index (χ3n) is 3.79. The van der Waals surface area contributed by atoms with Gasteiger partial charge in [-0.1, -0.05) is 41.5 Å². The second kappa shape index (κ2) is 7.10. The molecule has 1 aliphatic rings. The van der Waals surface area contributed by atoms with Crippen molar-refractivity contribution in [1.82, 2.24) is 10.2 Å². The first-order valence-electron chi connectivity index (χ1n) is 8.12. The van der Waals surface area contributed by atoms with E-state index in [1.54, 1.807) is 0 Å². The van der Waals surface area contributed by atoms with Crippen molar-refractivity contribution in [2.45, 2.75) is 60.4 Å². The second-order valence-electron chi connectivity index (χ2n) is 9.09. The molecule has 0 aromatic rings. The van der Waals surface area contributed by atoms with Crippen molar-refractivity contribution in [3.63, 3.8) is 0 Å². The summed E-state index contributed by atoms with van der Waals surface area (Å²) in [4.78, 5) is 13.1. The Bertz CT molecular complexity index is 342. The third kappa shape index (κ3) is 8.42. The van der Waals surface area contributed by atoms with E-state index >= 15 is 0 Å². The molecule has 2 atom stereocenters. The molecule has 0 aliphatic carbocycles. The lowest BCUT2D eigenvalue weighted by atomic mass is 9.80. The van der Waals surface area contributed by atoms with Crippen LogP contribution in [0.15, 0.2) is 0 Å². The van der Waals surface area contributed by atoms with E-state index in [1.165, 1.54) is 0 Å². The Morgan fingerprint density at radius 1 is 1.14 bits per heavy atom. The molecule has 0 saturated carbocycles. The summed E-state index contributed by atoms with van der Waals surface area (Å²) in [5.74, 6) is -0.142. The van der Waals surface area contributed by atoms with Crippen LogP contribution in [0.1, 0.15) is 54.4 Å². The maximum Gasteiger partial charge on any atom is 0.317 e. The molecular formula is C17H34N2O2. The lowest BCUT2D eigenvalue weighted by Gasteiger charge is -2.40. The maximum atomic E-state index is 11.0. The van der Waals surface area contributed by atoms with Crippen LogP contribution in [-0.2, 0) is 4.79 Å². The van der Waals surface area contributed by atoms with E-state index in [-0.39, 0.29) is 12.0 Å². The van der Waals surface area contributed by atoms with E-state index in [0.29, 0.717) is 17.4 Å². The fourth-order valence-corrected chi connectivity index (χ4v) is 3.24. The molecular weight excluding hydrogens is 264 g/mol. The number of nitrogens with one attached hydrogen (secondary N) is 1. The summed E-state index contributed by atoms with van der Waals surface area (Å²) >= 11 is 0. The van der Waals surface area contributed by atoms with Gasteiger partial charge in [0.05, 0.1) is 6.54 Å². The van der Waals surface area contributed by atoms with Crippen molar-refractivity contribution < 1.29 is 9.90 Å². The van der Waals surface area contributed by atoms with Crippen molar-refractivity contribution >= 4 is 5.97 Å². The molecule has 1 fully saturated rings. The van der Waals surface area contributed by atoms with Gasteiger partial charge >= 0.3 is 5.97 Å². The van der Waals surface area contributed by atoms with E-state index in [0.717, 1.165) is 32.5 Å². The number of nitrogens with zero attached hydrogens (tertiary/aromatic N) is 1. The average Bonchev–Trinajstić information content (AvgIpc) is 2.21. The monoisotopic (exact) mass is 298 g/mol. The summed E-state index contributed by atoms with van der Waals surface area (Å²) < 4.78 is 0. The van der Waals surface area contributed by atoms with Gasteiger partial charge in [0.2, 0.25) is 0 Å². The highest BCUT2D eigenvalue weighted by Gasteiger charge is 2.31. The fourth-order valence-electron chi connectivity index (χ4n) is 3.24. The maximum absolute atomic E-state index is 11.0. The topological polar surface area (TPSA) is 52.6 Å². The number of rotatable bonds is 5. The van der Waals surface area contributed by atoms with Crippen molar-refractivity contribution in [3.8, 4) is 0 Å². The van der Waals surface area contributed by atoms with Crippen LogP contribution in [0, 0.1) is 16.7 Å². The average molecular weight is 298 g/mol. The van der Waals surface area contributed by atoms with Gasteiger partial charge in [0.1, 0.15) is 0 Å². The standard InChI is InChI=1S/C17H34N2O2/c1-16(2,3)8-13-7-14(18-12-17(4,5)6)10-19(9-13)11-15(20)21/h13-14,18H,7-12H2,1-6H3,(H,20,21). The number of carbonyl (C=O) groups is 1. The van der Waals surface area contributed by atoms with Crippen molar-refractivity contribution in [2.24, 2.45) is 16.7 Å². The Kier molecular flexibility index (Phi) is 6.23. The molecule has 0 radical (unpaired) electrons. The minimum atomic E-state index is -0.721. The molecule has 2 unspecified atom stereocenters. The van der Waals surface area contributed by atoms with Gasteiger partial charge in [0.15, 0.2) is 0 Å². The van der Waals surface area contributed by atoms with Gasteiger partial charge in [-0.25, -0.2) is 0 Å². The second-order valence-corrected chi connectivity index (χ2v) is 9.09. The minimum absolute atomic E-state index is 0.161. The van der Waals surface area contributed by atoms with Crippen LogP contribution in [0.3, 0.4) is 0 Å². The van der Waals surface area contributed by atoms with E-state index in [1.807, 2.05) is 0 Å². The Morgan fingerprint density at radius 2 is 1.76 bits per heavy atom. The Labute approximate surface area is 130 Å².